The average molecular weight is 266 g/mol. The van der Waals surface area contributed by atoms with E-state index in [1.165, 1.54) is 4.90 Å². The molecule has 0 saturated carbocycles. The maximum absolute atomic E-state index is 10.9. The van der Waals surface area contributed by atoms with E-state index in [0.717, 1.165) is 5.56 Å². The van der Waals surface area contributed by atoms with Crippen molar-refractivity contribution in [2.75, 3.05) is 19.7 Å². The summed E-state index contributed by atoms with van der Waals surface area (Å²) in [4.78, 5) is 23.2. The van der Waals surface area contributed by atoms with E-state index in [2.05, 4.69) is 0 Å². The van der Waals surface area contributed by atoms with Crippen LogP contribution >= 0.6 is 0 Å². The van der Waals surface area contributed by atoms with E-state index in [1.54, 1.807) is 0 Å². The fraction of sp³-hybridized carbons (Fsp3) is 0.385. The summed E-state index contributed by atoms with van der Waals surface area (Å²) in [6.45, 7) is 2.34. The molecule has 6 nitrogen and oxygen atoms in total. The van der Waals surface area contributed by atoms with Crippen LogP contribution in [-0.4, -0.2) is 41.6 Å². The summed E-state index contributed by atoms with van der Waals surface area (Å²) >= 11 is 0. The third-order valence-electron chi connectivity index (χ3n) is 2.40. The molecule has 3 N–H and O–H groups in total. The molecular weight excluding hydrogens is 248 g/mol. The molecule has 0 bridgehead atoms. The summed E-state index contributed by atoms with van der Waals surface area (Å²) in [6.07, 6.45) is 0. The molecule has 6 heteroatoms. The number of benzene rings is 1. The van der Waals surface area contributed by atoms with E-state index in [1.807, 2.05) is 31.2 Å². The number of hydrogen-bond acceptors (Lipinski definition) is 4. The average Bonchev–Trinajstić information content (AvgIpc) is 2.30. The van der Waals surface area contributed by atoms with Crippen LogP contribution in [0.15, 0.2) is 24.3 Å². The van der Waals surface area contributed by atoms with Gasteiger partial charge in [-0.05, 0) is 13.0 Å². The predicted molar refractivity (Wildman–Crippen MR) is 69.7 cm³/mol. The van der Waals surface area contributed by atoms with Gasteiger partial charge in [-0.2, -0.15) is 0 Å². The number of para-hydroxylation sites is 1. The van der Waals surface area contributed by atoms with Crippen molar-refractivity contribution in [3.8, 4) is 5.75 Å². The highest BCUT2D eigenvalue weighted by Crippen LogP contribution is 2.19. The number of ether oxygens (including phenoxy) is 1. The molecule has 1 amide bonds. The van der Waals surface area contributed by atoms with Crippen molar-refractivity contribution >= 4 is 11.9 Å². The maximum atomic E-state index is 10.9. The Kier molecular flexibility index (Phi) is 5.81. The Morgan fingerprint density at radius 2 is 2.00 bits per heavy atom. The molecule has 0 aliphatic heterocycles. The third-order valence-corrected chi connectivity index (χ3v) is 2.40. The zero-order valence-electron chi connectivity index (χ0n) is 10.8. The minimum atomic E-state index is -1.00. The smallest absolute Gasteiger partial charge is 0.317 e. The van der Waals surface area contributed by atoms with Crippen LogP contribution in [0.1, 0.15) is 12.5 Å². The van der Waals surface area contributed by atoms with Gasteiger partial charge in [0, 0.05) is 12.1 Å². The lowest BCUT2D eigenvalue weighted by atomic mass is 10.2. The number of hydrogen-bond donors (Lipinski definition) is 2. The first-order chi connectivity index (χ1) is 9.02. The first-order valence-electron chi connectivity index (χ1n) is 5.96. The van der Waals surface area contributed by atoms with Crippen molar-refractivity contribution in [2.24, 2.45) is 5.73 Å². The van der Waals surface area contributed by atoms with Gasteiger partial charge in [0.2, 0.25) is 5.91 Å². The Balaban J connectivity index is 2.82. The number of carbonyl (C=O) groups excluding carboxylic acids is 1. The standard InChI is InChI=1S/C13H18N2O4/c1-2-19-11-6-4-3-5-10(11)7-15(8-12(14)16)9-13(17)18/h3-6H,2,7-9H2,1H3,(H2,14,16)(H,17,18). The summed E-state index contributed by atoms with van der Waals surface area (Å²) in [5.74, 6) is -0.879. The Bertz CT molecular complexity index is 432. The highest BCUT2D eigenvalue weighted by atomic mass is 16.5. The lowest BCUT2D eigenvalue weighted by molar-refractivity contribution is -0.138. The van der Waals surface area contributed by atoms with Crippen molar-refractivity contribution in [1.82, 2.24) is 4.90 Å². The van der Waals surface area contributed by atoms with E-state index >= 15 is 0 Å². The van der Waals surface area contributed by atoms with Crippen LogP contribution in [0.5, 0.6) is 5.75 Å². The number of amides is 1. The van der Waals surface area contributed by atoms with Gasteiger partial charge in [-0.15, -0.1) is 0 Å². The van der Waals surface area contributed by atoms with Gasteiger partial charge in [0.1, 0.15) is 5.75 Å². The highest BCUT2D eigenvalue weighted by Gasteiger charge is 2.14. The van der Waals surface area contributed by atoms with Crippen molar-refractivity contribution in [1.29, 1.82) is 0 Å². The van der Waals surface area contributed by atoms with Crippen LogP contribution in [0.25, 0.3) is 0 Å². The lowest BCUT2D eigenvalue weighted by Gasteiger charge is -2.20. The van der Waals surface area contributed by atoms with Crippen LogP contribution in [-0.2, 0) is 16.1 Å². The fourth-order valence-electron chi connectivity index (χ4n) is 1.75. The summed E-state index contributed by atoms with van der Waals surface area (Å²) in [7, 11) is 0. The van der Waals surface area contributed by atoms with E-state index in [-0.39, 0.29) is 13.1 Å². The molecule has 0 spiro atoms. The first kappa shape index (κ1) is 15.0. The van der Waals surface area contributed by atoms with Crippen molar-refractivity contribution in [2.45, 2.75) is 13.5 Å². The van der Waals surface area contributed by atoms with Gasteiger partial charge in [0.05, 0.1) is 19.7 Å². The lowest BCUT2D eigenvalue weighted by Crippen LogP contribution is -2.36. The van der Waals surface area contributed by atoms with E-state index < -0.39 is 11.9 Å². The van der Waals surface area contributed by atoms with Crippen LogP contribution < -0.4 is 10.5 Å². The van der Waals surface area contributed by atoms with Gasteiger partial charge in [0.15, 0.2) is 0 Å². The molecular formula is C13H18N2O4. The molecule has 104 valence electrons. The van der Waals surface area contributed by atoms with Gasteiger partial charge in [-0.25, -0.2) is 0 Å². The number of aliphatic carboxylic acids is 1. The largest absolute Gasteiger partial charge is 0.494 e. The summed E-state index contributed by atoms with van der Waals surface area (Å²) < 4.78 is 5.46. The van der Waals surface area contributed by atoms with Gasteiger partial charge in [0.25, 0.3) is 0 Å². The number of carboxylic acid groups (broad SMARTS) is 1. The van der Waals surface area contributed by atoms with Crippen LogP contribution in [0.3, 0.4) is 0 Å². The zero-order valence-corrected chi connectivity index (χ0v) is 10.8. The van der Waals surface area contributed by atoms with E-state index in [0.29, 0.717) is 18.9 Å². The normalized spacial score (nSPS) is 10.4. The molecule has 0 fully saturated rings. The predicted octanol–water partition coefficient (Wildman–Crippen LogP) is 0.457. The molecule has 0 aliphatic carbocycles. The third kappa shape index (κ3) is 5.39. The molecule has 1 aromatic carbocycles. The number of carboxylic acids is 1. The molecule has 0 heterocycles. The zero-order chi connectivity index (χ0) is 14.3. The second-order valence-corrected chi connectivity index (χ2v) is 4.05. The number of rotatable bonds is 8. The number of nitrogens with zero attached hydrogens (tertiary/aromatic N) is 1. The van der Waals surface area contributed by atoms with Gasteiger partial charge < -0.3 is 15.6 Å². The molecule has 1 aromatic rings. The molecule has 0 radical (unpaired) electrons. The quantitative estimate of drug-likeness (QED) is 0.713. The van der Waals surface area contributed by atoms with Crippen molar-refractivity contribution < 1.29 is 19.4 Å². The first-order valence-corrected chi connectivity index (χ1v) is 5.96. The monoisotopic (exact) mass is 266 g/mol. The molecule has 0 unspecified atom stereocenters. The summed E-state index contributed by atoms with van der Waals surface area (Å²) in [5.41, 5.74) is 5.94. The van der Waals surface area contributed by atoms with E-state index in [4.69, 9.17) is 15.6 Å². The molecule has 0 aromatic heterocycles. The van der Waals surface area contributed by atoms with Crippen molar-refractivity contribution in [3.05, 3.63) is 29.8 Å². The number of carbonyl (C=O) groups is 2. The van der Waals surface area contributed by atoms with Crippen LogP contribution in [0.2, 0.25) is 0 Å². The Morgan fingerprint density at radius 3 is 2.58 bits per heavy atom. The molecule has 0 atom stereocenters. The second kappa shape index (κ2) is 7.38. The topological polar surface area (TPSA) is 92.9 Å². The number of nitrogens with two attached hydrogens (primary N) is 1. The molecule has 0 saturated heterocycles. The van der Waals surface area contributed by atoms with Crippen LogP contribution in [0, 0.1) is 0 Å². The van der Waals surface area contributed by atoms with Crippen LogP contribution in [0.4, 0.5) is 0 Å². The molecule has 19 heavy (non-hydrogen) atoms. The highest BCUT2D eigenvalue weighted by molar-refractivity contribution is 5.77. The van der Waals surface area contributed by atoms with Gasteiger partial charge in [-0.1, -0.05) is 18.2 Å². The molecule has 0 aliphatic rings. The van der Waals surface area contributed by atoms with Gasteiger partial charge in [-0.3, -0.25) is 14.5 Å². The van der Waals surface area contributed by atoms with E-state index in [9.17, 15) is 9.59 Å². The Hall–Kier alpha value is -2.08. The van der Waals surface area contributed by atoms with Gasteiger partial charge >= 0.3 is 5.97 Å². The minimum absolute atomic E-state index is 0.104. The number of primary amides is 1. The maximum Gasteiger partial charge on any atom is 0.317 e. The Morgan fingerprint density at radius 1 is 1.32 bits per heavy atom. The second-order valence-electron chi connectivity index (χ2n) is 4.05. The van der Waals surface area contributed by atoms with Crippen molar-refractivity contribution in [3.63, 3.8) is 0 Å². The summed E-state index contributed by atoms with van der Waals surface area (Å²) in [5, 5.41) is 8.82. The minimum Gasteiger partial charge on any atom is -0.494 e. The SMILES string of the molecule is CCOc1ccccc1CN(CC(N)=O)CC(=O)O. The fourth-order valence-corrected chi connectivity index (χ4v) is 1.75. The Labute approximate surface area is 111 Å². The summed E-state index contributed by atoms with van der Waals surface area (Å²) in [6, 6.07) is 7.31. The molecule has 1 rings (SSSR count).